The number of hydrogen-bond acceptors (Lipinski definition) is 5. The Morgan fingerprint density at radius 2 is 1.70 bits per heavy atom. The molecule has 1 N–H and O–H groups in total. The van der Waals surface area contributed by atoms with E-state index in [1.807, 2.05) is 4.90 Å². The van der Waals surface area contributed by atoms with Crippen molar-refractivity contribution in [3.05, 3.63) is 47.3 Å². The van der Waals surface area contributed by atoms with Crippen molar-refractivity contribution < 1.29 is 9.53 Å². The van der Waals surface area contributed by atoms with Crippen LogP contribution in [-0.4, -0.2) is 42.2 Å². The fraction of sp³-hybridized carbons (Fsp3) is 0.476. The van der Waals surface area contributed by atoms with E-state index in [1.54, 1.807) is 12.3 Å². The number of hydrogen-bond donors (Lipinski definition) is 1. The molecule has 1 aromatic carbocycles. The second-order valence-electron chi connectivity index (χ2n) is 7.42. The minimum atomic E-state index is -0.207. The number of carbonyl (C=O) groups is 1. The van der Waals surface area contributed by atoms with Crippen molar-refractivity contribution in [1.29, 1.82) is 0 Å². The first-order chi connectivity index (χ1) is 13.0. The number of benzene rings is 1. The Morgan fingerprint density at radius 1 is 1.07 bits per heavy atom. The number of anilines is 2. The summed E-state index contributed by atoms with van der Waals surface area (Å²) in [5.74, 6) is 0.996. The lowest BCUT2D eigenvalue weighted by Crippen LogP contribution is -2.37. The van der Waals surface area contributed by atoms with E-state index < -0.39 is 0 Å². The van der Waals surface area contributed by atoms with Gasteiger partial charge < -0.3 is 15.0 Å². The number of amides is 1. The van der Waals surface area contributed by atoms with Gasteiger partial charge in [0.2, 0.25) is 5.95 Å². The van der Waals surface area contributed by atoms with Gasteiger partial charge in [0.25, 0.3) is 5.91 Å². The molecule has 0 aliphatic carbocycles. The molecule has 2 heterocycles. The predicted molar refractivity (Wildman–Crippen MR) is 108 cm³/mol. The fourth-order valence-corrected chi connectivity index (χ4v) is 3.26. The van der Waals surface area contributed by atoms with Crippen LogP contribution in [0.2, 0.25) is 0 Å². The van der Waals surface area contributed by atoms with Gasteiger partial charge in [0.1, 0.15) is 5.69 Å². The molecule has 0 atom stereocenters. The van der Waals surface area contributed by atoms with Gasteiger partial charge in [-0.3, -0.25) is 4.79 Å². The van der Waals surface area contributed by atoms with E-state index in [0.29, 0.717) is 36.7 Å². The minimum Gasteiger partial charge on any atom is -0.378 e. The number of rotatable bonds is 5. The highest BCUT2D eigenvalue weighted by atomic mass is 16.5. The molecular formula is C21H28N4O2. The zero-order valence-corrected chi connectivity index (χ0v) is 16.5. The van der Waals surface area contributed by atoms with Crippen molar-refractivity contribution in [3.8, 4) is 0 Å². The summed E-state index contributed by atoms with van der Waals surface area (Å²) in [6.45, 7) is 11.3. The number of aromatic nitrogens is 2. The molecule has 1 saturated heterocycles. The van der Waals surface area contributed by atoms with Gasteiger partial charge in [-0.2, -0.15) is 0 Å². The van der Waals surface area contributed by atoms with Gasteiger partial charge in [-0.05, 0) is 29.0 Å². The maximum atomic E-state index is 13.0. The molecule has 1 aliphatic rings. The van der Waals surface area contributed by atoms with Gasteiger partial charge in [-0.15, -0.1) is 0 Å². The van der Waals surface area contributed by atoms with Crippen LogP contribution < -0.4 is 10.2 Å². The van der Waals surface area contributed by atoms with E-state index >= 15 is 0 Å². The quantitative estimate of drug-likeness (QED) is 0.869. The van der Waals surface area contributed by atoms with Gasteiger partial charge in [0, 0.05) is 25.0 Å². The molecule has 0 bridgehead atoms. The number of morpholine rings is 1. The third-order valence-corrected chi connectivity index (χ3v) is 4.78. The van der Waals surface area contributed by atoms with Crippen LogP contribution in [-0.2, 0) is 4.74 Å². The lowest BCUT2D eigenvalue weighted by molar-refractivity contribution is 0.102. The van der Waals surface area contributed by atoms with Crippen molar-refractivity contribution in [2.24, 2.45) is 0 Å². The summed E-state index contributed by atoms with van der Waals surface area (Å²) < 4.78 is 5.37. The van der Waals surface area contributed by atoms with Gasteiger partial charge >= 0.3 is 0 Å². The standard InChI is InChI=1S/C21H28N4O2/c1-14(2)16-6-5-7-17(15(3)4)19(16)24-20(26)18-8-9-22-21(23-18)25-10-12-27-13-11-25/h5-9,14-15H,10-13H2,1-4H3,(H,24,26). The number of nitrogens with zero attached hydrogens (tertiary/aromatic N) is 3. The Kier molecular flexibility index (Phi) is 6.06. The number of ether oxygens (including phenoxy) is 1. The van der Waals surface area contributed by atoms with Crippen molar-refractivity contribution in [2.45, 2.75) is 39.5 Å². The molecule has 0 saturated carbocycles. The van der Waals surface area contributed by atoms with Crippen molar-refractivity contribution in [1.82, 2.24) is 9.97 Å². The normalized spacial score (nSPS) is 14.7. The molecular weight excluding hydrogens is 340 g/mol. The fourth-order valence-electron chi connectivity index (χ4n) is 3.26. The van der Waals surface area contributed by atoms with Crippen LogP contribution in [0.4, 0.5) is 11.6 Å². The highest BCUT2D eigenvalue weighted by Gasteiger charge is 2.19. The largest absolute Gasteiger partial charge is 0.378 e. The Morgan fingerprint density at radius 3 is 2.30 bits per heavy atom. The Bertz CT molecular complexity index is 772. The Hall–Kier alpha value is -2.47. The summed E-state index contributed by atoms with van der Waals surface area (Å²) in [5.41, 5.74) is 3.55. The smallest absolute Gasteiger partial charge is 0.274 e. The van der Waals surface area contributed by atoms with Crippen LogP contribution in [0.15, 0.2) is 30.5 Å². The summed E-state index contributed by atoms with van der Waals surface area (Å²) >= 11 is 0. The molecule has 0 unspecified atom stereocenters. The number of nitrogens with one attached hydrogen (secondary N) is 1. The maximum Gasteiger partial charge on any atom is 0.274 e. The number of para-hydroxylation sites is 1. The molecule has 144 valence electrons. The first kappa shape index (κ1) is 19.3. The second-order valence-corrected chi connectivity index (χ2v) is 7.42. The molecule has 6 heteroatoms. The average molecular weight is 368 g/mol. The van der Waals surface area contributed by atoms with E-state index in [2.05, 4.69) is 61.2 Å². The Balaban J connectivity index is 1.88. The Labute approximate surface area is 161 Å². The highest BCUT2D eigenvalue weighted by Crippen LogP contribution is 2.32. The maximum absolute atomic E-state index is 13.0. The van der Waals surface area contributed by atoms with Crippen LogP contribution in [0.5, 0.6) is 0 Å². The lowest BCUT2D eigenvalue weighted by Gasteiger charge is -2.26. The van der Waals surface area contributed by atoms with Crippen LogP contribution in [0, 0.1) is 0 Å². The zero-order valence-electron chi connectivity index (χ0n) is 16.5. The summed E-state index contributed by atoms with van der Waals surface area (Å²) in [7, 11) is 0. The summed E-state index contributed by atoms with van der Waals surface area (Å²) in [5, 5.41) is 3.12. The lowest BCUT2D eigenvalue weighted by atomic mass is 9.92. The third-order valence-electron chi connectivity index (χ3n) is 4.78. The molecule has 1 aromatic heterocycles. The van der Waals surface area contributed by atoms with Crippen LogP contribution >= 0.6 is 0 Å². The van der Waals surface area contributed by atoms with E-state index in [9.17, 15) is 4.79 Å². The van der Waals surface area contributed by atoms with Gasteiger partial charge in [0.15, 0.2) is 0 Å². The zero-order chi connectivity index (χ0) is 19.4. The van der Waals surface area contributed by atoms with Gasteiger partial charge in [-0.25, -0.2) is 9.97 Å². The molecule has 27 heavy (non-hydrogen) atoms. The predicted octanol–water partition coefficient (Wildman–Crippen LogP) is 3.81. The third kappa shape index (κ3) is 4.45. The molecule has 1 aliphatic heterocycles. The molecule has 1 fully saturated rings. The topological polar surface area (TPSA) is 67.4 Å². The van der Waals surface area contributed by atoms with Crippen molar-refractivity contribution in [3.63, 3.8) is 0 Å². The van der Waals surface area contributed by atoms with Gasteiger partial charge in [-0.1, -0.05) is 45.9 Å². The van der Waals surface area contributed by atoms with E-state index in [4.69, 9.17) is 4.74 Å². The van der Waals surface area contributed by atoms with Gasteiger partial charge in [0.05, 0.1) is 13.2 Å². The molecule has 3 rings (SSSR count). The molecule has 0 radical (unpaired) electrons. The van der Waals surface area contributed by atoms with Crippen molar-refractivity contribution >= 4 is 17.5 Å². The molecule has 1 amide bonds. The molecule has 6 nitrogen and oxygen atoms in total. The molecule has 2 aromatic rings. The van der Waals surface area contributed by atoms with E-state index in [1.165, 1.54) is 0 Å². The SMILES string of the molecule is CC(C)c1cccc(C(C)C)c1NC(=O)c1ccnc(N2CCOCC2)n1. The monoisotopic (exact) mass is 368 g/mol. The van der Waals surface area contributed by atoms with Crippen LogP contribution in [0.3, 0.4) is 0 Å². The first-order valence-corrected chi connectivity index (χ1v) is 9.57. The number of carbonyl (C=O) groups excluding carboxylic acids is 1. The van der Waals surface area contributed by atoms with Crippen LogP contribution in [0.1, 0.15) is 61.1 Å². The highest BCUT2D eigenvalue weighted by molar-refractivity contribution is 6.04. The average Bonchev–Trinajstić information content (AvgIpc) is 2.68. The van der Waals surface area contributed by atoms with E-state index in [-0.39, 0.29) is 5.91 Å². The second kappa shape index (κ2) is 8.48. The molecule has 0 spiro atoms. The van der Waals surface area contributed by atoms with E-state index in [0.717, 1.165) is 29.9 Å². The minimum absolute atomic E-state index is 0.207. The summed E-state index contributed by atoms with van der Waals surface area (Å²) in [4.78, 5) is 23.8. The first-order valence-electron chi connectivity index (χ1n) is 9.57. The van der Waals surface area contributed by atoms with Crippen molar-refractivity contribution in [2.75, 3.05) is 36.5 Å². The summed E-state index contributed by atoms with van der Waals surface area (Å²) in [6.07, 6.45) is 1.64. The van der Waals surface area contributed by atoms with Crippen LogP contribution in [0.25, 0.3) is 0 Å². The summed E-state index contributed by atoms with van der Waals surface area (Å²) in [6, 6.07) is 7.87.